The van der Waals surface area contributed by atoms with E-state index in [-0.39, 0.29) is 55.6 Å². The largest absolute Gasteiger partial charge is 0.464 e. The summed E-state index contributed by atoms with van der Waals surface area (Å²) in [4.78, 5) is 44.8. The second-order valence-corrected chi connectivity index (χ2v) is 12.9. The molecule has 0 unspecified atom stereocenters. The van der Waals surface area contributed by atoms with Crippen molar-refractivity contribution in [2.45, 2.75) is 72.4 Å². The van der Waals surface area contributed by atoms with Gasteiger partial charge in [0.05, 0.1) is 23.8 Å². The van der Waals surface area contributed by atoms with Crippen LogP contribution in [0.5, 0.6) is 11.5 Å². The fourth-order valence-corrected chi connectivity index (χ4v) is 5.87. The van der Waals surface area contributed by atoms with E-state index in [1.54, 1.807) is 34.1 Å². The molecule has 5 rings (SSSR count). The molecule has 0 saturated carbocycles. The maximum absolute atomic E-state index is 14.2. The van der Waals surface area contributed by atoms with Crippen LogP contribution in [0.25, 0.3) is 11.0 Å². The Bertz CT molecular complexity index is 1790. The van der Waals surface area contributed by atoms with E-state index in [1.807, 2.05) is 37.3 Å². The van der Waals surface area contributed by atoms with Gasteiger partial charge in [-0.2, -0.15) is 0 Å². The number of fused-ring (bicyclic) bond motifs is 2. The Labute approximate surface area is 280 Å². The zero-order valence-electron chi connectivity index (χ0n) is 27.6. The Morgan fingerprint density at radius 2 is 1.64 bits per heavy atom. The summed E-state index contributed by atoms with van der Waals surface area (Å²) in [5, 5.41) is 3.91. The van der Waals surface area contributed by atoms with Crippen molar-refractivity contribution in [3.8, 4) is 11.5 Å². The fraction of sp³-hybridized carbons (Fsp3) is 0.378. The number of rotatable bonds is 12. The molecule has 248 valence electrons. The minimum atomic E-state index is -0.343. The molecule has 1 N–H and O–H groups in total. The summed E-state index contributed by atoms with van der Waals surface area (Å²) in [5.41, 5.74) is 4.09. The van der Waals surface area contributed by atoms with Crippen molar-refractivity contribution in [2.75, 3.05) is 25.2 Å². The van der Waals surface area contributed by atoms with Gasteiger partial charge < -0.3 is 29.0 Å². The standard InChI is InChI=1S/C37H42ClN3O6/c1-6-7-15-40(37(44)39-35-28(23(2)3)9-8-10-29(35)24(4)5)20-34(42)41(18-25-11-13-32-33(16-25)47-22-46-32)19-26-21-45-31-14-12-27(38)17-30(31)36(26)43/h8-14,16-17,21,23-24H,6-7,15,18-20,22H2,1-5H3,(H,39,44). The number of halogens is 1. The van der Waals surface area contributed by atoms with E-state index in [4.69, 9.17) is 25.5 Å². The van der Waals surface area contributed by atoms with Crippen molar-refractivity contribution in [1.82, 2.24) is 9.80 Å². The van der Waals surface area contributed by atoms with E-state index >= 15 is 0 Å². The quantitative estimate of drug-likeness (QED) is 0.164. The van der Waals surface area contributed by atoms with E-state index < -0.39 is 0 Å². The molecule has 0 bridgehead atoms. The van der Waals surface area contributed by atoms with Gasteiger partial charge in [0.1, 0.15) is 12.1 Å². The molecule has 0 aliphatic carbocycles. The highest BCUT2D eigenvalue weighted by Crippen LogP contribution is 2.34. The Morgan fingerprint density at radius 1 is 0.915 bits per heavy atom. The lowest BCUT2D eigenvalue weighted by molar-refractivity contribution is -0.133. The number of hydrogen-bond acceptors (Lipinski definition) is 6. The number of anilines is 1. The van der Waals surface area contributed by atoms with Crippen LogP contribution in [0.1, 0.15) is 81.5 Å². The van der Waals surface area contributed by atoms with Crippen LogP contribution in [0.15, 0.2) is 70.1 Å². The topological polar surface area (TPSA) is 101 Å². The molecule has 47 heavy (non-hydrogen) atoms. The molecule has 1 aliphatic rings. The molecule has 9 nitrogen and oxygen atoms in total. The second kappa shape index (κ2) is 14.9. The zero-order valence-corrected chi connectivity index (χ0v) is 28.4. The van der Waals surface area contributed by atoms with Crippen LogP contribution in [0, 0.1) is 0 Å². The number of carbonyl (C=O) groups excluding carboxylic acids is 2. The molecule has 0 spiro atoms. The third-order valence-electron chi connectivity index (χ3n) is 8.33. The summed E-state index contributed by atoms with van der Waals surface area (Å²) in [6.45, 7) is 10.9. The van der Waals surface area contributed by atoms with Gasteiger partial charge in [-0.15, -0.1) is 0 Å². The van der Waals surface area contributed by atoms with Gasteiger partial charge in [0.25, 0.3) is 0 Å². The van der Waals surface area contributed by atoms with Crippen molar-refractivity contribution in [3.05, 3.63) is 98.4 Å². The van der Waals surface area contributed by atoms with Crippen molar-refractivity contribution in [3.63, 3.8) is 0 Å². The van der Waals surface area contributed by atoms with Crippen molar-refractivity contribution >= 4 is 40.2 Å². The van der Waals surface area contributed by atoms with Gasteiger partial charge in [-0.1, -0.05) is 76.9 Å². The van der Waals surface area contributed by atoms with Crippen LogP contribution >= 0.6 is 11.6 Å². The normalized spacial score (nSPS) is 12.2. The molecule has 4 aromatic rings. The third kappa shape index (κ3) is 7.91. The molecule has 1 aliphatic heterocycles. The lowest BCUT2D eigenvalue weighted by atomic mass is 9.93. The summed E-state index contributed by atoms with van der Waals surface area (Å²) in [7, 11) is 0. The number of para-hydroxylation sites is 1. The van der Waals surface area contributed by atoms with Crippen LogP contribution in [-0.2, 0) is 17.9 Å². The van der Waals surface area contributed by atoms with Gasteiger partial charge in [0.2, 0.25) is 12.7 Å². The molecule has 10 heteroatoms. The van der Waals surface area contributed by atoms with Crippen molar-refractivity contribution < 1.29 is 23.5 Å². The Balaban J connectivity index is 1.45. The molecule has 0 radical (unpaired) electrons. The molecule has 0 fully saturated rings. The van der Waals surface area contributed by atoms with E-state index in [0.717, 1.165) is 35.2 Å². The van der Waals surface area contributed by atoms with E-state index in [1.165, 1.54) is 6.26 Å². The number of nitrogens with zero attached hydrogens (tertiary/aromatic N) is 2. The van der Waals surface area contributed by atoms with Gasteiger partial charge in [-0.3, -0.25) is 9.59 Å². The average molecular weight is 660 g/mol. The SMILES string of the molecule is CCCCN(CC(=O)N(Cc1ccc2c(c1)OCO2)Cc1coc2ccc(Cl)cc2c1=O)C(=O)Nc1c(C(C)C)cccc1C(C)C. The lowest BCUT2D eigenvalue weighted by Crippen LogP contribution is -2.45. The van der Waals surface area contributed by atoms with Crippen molar-refractivity contribution in [1.29, 1.82) is 0 Å². The van der Waals surface area contributed by atoms with Gasteiger partial charge in [-0.05, 0) is 65.3 Å². The maximum atomic E-state index is 14.2. The predicted molar refractivity (Wildman–Crippen MR) is 184 cm³/mol. The number of ether oxygens (including phenoxy) is 2. The molecule has 0 atom stereocenters. The second-order valence-electron chi connectivity index (χ2n) is 12.5. The van der Waals surface area contributed by atoms with Crippen LogP contribution in [0.2, 0.25) is 5.02 Å². The first kappa shape index (κ1) is 33.9. The first-order chi connectivity index (χ1) is 22.5. The number of unbranched alkanes of at least 4 members (excludes halogenated alkanes) is 1. The Hall–Kier alpha value is -4.50. The number of nitrogens with one attached hydrogen (secondary N) is 1. The van der Waals surface area contributed by atoms with E-state index in [0.29, 0.717) is 39.6 Å². The molecular formula is C37H42ClN3O6. The van der Waals surface area contributed by atoms with Gasteiger partial charge in [0.15, 0.2) is 16.9 Å². The molecule has 3 amide bonds. The minimum absolute atomic E-state index is 0.0328. The van der Waals surface area contributed by atoms with E-state index in [2.05, 4.69) is 33.0 Å². The first-order valence-electron chi connectivity index (χ1n) is 16.1. The highest BCUT2D eigenvalue weighted by Gasteiger charge is 2.26. The number of urea groups is 1. The summed E-state index contributed by atoms with van der Waals surface area (Å²) < 4.78 is 16.8. The van der Waals surface area contributed by atoms with Crippen LogP contribution < -0.4 is 20.2 Å². The van der Waals surface area contributed by atoms with Gasteiger partial charge >= 0.3 is 6.03 Å². The summed E-state index contributed by atoms with van der Waals surface area (Å²) in [5.74, 6) is 1.28. The van der Waals surface area contributed by atoms with Gasteiger partial charge in [-0.25, -0.2) is 4.79 Å². The number of carbonyl (C=O) groups is 2. The van der Waals surface area contributed by atoms with Crippen LogP contribution in [-0.4, -0.2) is 41.6 Å². The zero-order chi connectivity index (χ0) is 33.7. The molecule has 2 heterocycles. The number of hydrogen-bond donors (Lipinski definition) is 1. The monoisotopic (exact) mass is 659 g/mol. The highest BCUT2D eigenvalue weighted by atomic mass is 35.5. The number of benzene rings is 3. The summed E-state index contributed by atoms with van der Waals surface area (Å²) >= 11 is 6.18. The molecular weight excluding hydrogens is 618 g/mol. The fourth-order valence-electron chi connectivity index (χ4n) is 5.70. The predicted octanol–water partition coefficient (Wildman–Crippen LogP) is 8.28. The lowest BCUT2D eigenvalue weighted by Gasteiger charge is -2.29. The molecule has 0 saturated heterocycles. The average Bonchev–Trinajstić information content (AvgIpc) is 3.52. The van der Waals surface area contributed by atoms with E-state index in [9.17, 15) is 14.4 Å². The van der Waals surface area contributed by atoms with Crippen molar-refractivity contribution in [2.24, 2.45) is 0 Å². The first-order valence-corrected chi connectivity index (χ1v) is 16.5. The Kier molecular flexibility index (Phi) is 10.8. The Morgan fingerprint density at radius 3 is 2.34 bits per heavy atom. The number of amides is 3. The minimum Gasteiger partial charge on any atom is -0.464 e. The van der Waals surface area contributed by atoms with Gasteiger partial charge in [0, 0.05) is 23.8 Å². The molecule has 3 aromatic carbocycles. The maximum Gasteiger partial charge on any atom is 0.322 e. The smallest absolute Gasteiger partial charge is 0.322 e. The van der Waals surface area contributed by atoms with Crippen LogP contribution in [0.4, 0.5) is 10.5 Å². The van der Waals surface area contributed by atoms with Crippen LogP contribution in [0.3, 0.4) is 0 Å². The summed E-state index contributed by atoms with van der Waals surface area (Å²) in [6, 6.07) is 16.1. The summed E-state index contributed by atoms with van der Waals surface area (Å²) in [6.07, 6.45) is 2.95. The third-order valence-corrected chi connectivity index (χ3v) is 8.57. The molecule has 1 aromatic heterocycles. The highest BCUT2D eigenvalue weighted by molar-refractivity contribution is 6.31.